The third-order valence-electron chi connectivity index (χ3n) is 6.58. The lowest BCUT2D eigenvalue weighted by Crippen LogP contribution is -2.09. The number of ether oxygens (including phenoxy) is 2. The van der Waals surface area contributed by atoms with Gasteiger partial charge in [0, 0.05) is 11.1 Å². The Bertz CT molecular complexity index is 1290. The summed E-state index contributed by atoms with van der Waals surface area (Å²) in [5.74, 6) is -5.28. The number of benzene rings is 3. The zero-order valence-corrected chi connectivity index (χ0v) is 20.1. The molecule has 0 radical (unpaired) electrons. The molecule has 0 N–H and O–H groups in total. The van der Waals surface area contributed by atoms with Crippen LogP contribution in [0.4, 0.5) is 22.0 Å². The molecule has 0 aliphatic heterocycles. The number of unbranched alkanes of at least 4 members (excludes halogenated alkanes) is 1. The van der Waals surface area contributed by atoms with Gasteiger partial charge in [0.15, 0.2) is 23.1 Å². The molecule has 0 bridgehead atoms. The maximum absolute atomic E-state index is 15.0. The van der Waals surface area contributed by atoms with Crippen LogP contribution in [-0.2, 0) is 0 Å². The largest absolute Gasteiger partial charge is 0.494 e. The second-order valence-corrected chi connectivity index (χ2v) is 8.82. The van der Waals surface area contributed by atoms with E-state index < -0.39 is 29.1 Å². The first-order valence-corrected chi connectivity index (χ1v) is 12.0. The molecule has 1 aliphatic rings. The highest BCUT2D eigenvalue weighted by molar-refractivity contribution is 5.72. The van der Waals surface area contributed by atoms with Crippen molar-refractivity contribution in [1.82, 2.24) is 0 Å². The van der Waals surface area contributed by atoms with Crippen LogP contribution < -0.4 is 9.47 Å². The van der Waals surface area contributed by atoms with Crippen molar-refractivity contribution in [3.63, 3.8) is 0 Å². The minimum Gasteiger partial charge on any atom is -0.494 e. The quantitative estimate of drug-likeness (QED) is 0.227. The summed E-state index contributed by atoms with van der Waals surface area (Å²) in [6.07, 6.45) is 4.85. The van der Waals surface area contributed by atoms with Crippen LogP contribution in [0.1, 0.15) is 56.1 Å². The third kappa shape index (κ3) is 5.11. The number of allylic oxidation sites excluding steroid dienone is 2. The summed E-state index contributed by atoms with van der Waals surface area (Å²) in [5.41, 5.74) is 1.48. The van der Waals surface area contributed by atoms with Gasteiger partial charge in [-0.1, -0.05) is 37.6 Å². The molecule has 2 nitrogen and oxygen atoms in total. The summed E-state index contributed by atoms with van der Waals surface area (Å²) in [6.45, 7) is 2.31. The summed E-state index contributed by atoms with van der Waals surface area (Å²) < 4.78 is 82.9. The summed E-state index contributed by atoms with van der Waals surface area (Å²) >= 11 is 0. The second kappa shape index (κ2) is 11.1. The lowest BCUT2D eigenvalue weighted by molar-refractivity contribution is 0.287. The van der Waals surface area contributed by atoms with E-state index in [0.29, 0.717) is 31.4 Å². The van der Waals surface area contributed by atoms with E-state index in [9.17, 15) is 17.6 Å². The van der Waals surface area contributed by atoms with Crippen LogP contribution in [0.15, 0.2) is 48.5 Å². The highest BCUT2D eigenvalue weighted by Gasteiger charge is 2.25. The van der Waals surface area contributed by atoms with E-state index in [-0.39, 0.29) is 34.1 Å². The normalized spacial score (nSPS) is 15.5. The Kier molecular flexibility index (Phi) is 7.97. The van der Waals surface area contributed by atoms with Gasteiger partial charge in [0.1, 0.15) is 5.82 Å². The maximum Gasteiger partial charge on any atom is 0.201 e. The molecule has 3 aromatic carbocycles. The van der Waals surface area contributed by atoms with Crippen molar-refractivity contribution >= 4 is 5.57 Å². The van der Waals surface area contributed by atoms with Gasteiger partial charge in [-0.2, -0.15) is 8.78 Å². The predicted molar refractivity (Wildman–Crippen MR) is 130 cm³/mol. The molecule has 1 unspecified atom stereocenters. The lowest BCUT2D eigenvalue weighted by atomic mass is 9.82. The fourth-order valence-electron chi connectivity index (χ4n) is 4.52. The monoisotopic (exact) mass is 502 g/mol. The Labute approximate surface area is 207 Å². The van der Waals surface area contributed by atoms with Gasteiger partial charge in [-0.3, -0.25) is 0 Å². The molecule has 0 saturated carbocycles. The molecular weight excluding hydrogens is 475 g/mol. The van der Waals surface area contributed by atoms with Crippen LogP contribution in [0.5, 0.6) is 11.5 Å². The minimum absolute atomic E-state index is 0.0731. The SMILES string of the molecule is CCCCOc1ccc(C2CC=C(c3ccc(-c4ccc(OC)c(F)c4F)cc3F)CC2)c(F)c1F. The number of halogens is 5. The average molecular weight is 503 g/mol. The standard InChI is InChI=1S/C29H27F5O2/c1-3-4-15-36-25-14-12-21(26(31)29(25)34)18-7-5-17(6-8-18)20-10-9-19(16-23(20)30)22-11-13-24(35-2)28(33)27(22)32/h5,9-14,16,18H,3-4,6-8,15H2,1-2H3. The van der Waals surface area contributed by atoms with Gasteiger partial charge < -0.3 is 9.47 Å². The predicted octanol–water partition coefficient (Wildman–Crippen LogP) is 8.59. The van der Waals surface area contributed by atoms with Gasteiger partial charge in [0.2, 0.25) is 11.6 Å². The van der Waals surface area contributed by atoms with E-state index in [4.69, 9.17) is 9.47 Å². The van der Waals surface area contributed by atoms with Crippen LogP contribution >= 0.6 is 0 Å². The van der Waals surface area contributed by atoms with Crippen LogP contribution in [-0.4, -0.2) is 13.7 Å². The van der Waals surface area contributed by atoms with Gasteiger partial charge >= 0.3 is 0 Å². The Hall–Kier alpha value is -3.35. The van der Waals surface area contributed by atoms with Crippen molar-refractivity contribution < 1.29 is 31.4 Å². The van der Waals surface area contributed by atoms with Crippen molar-refractivity contribution in [3.05, 3.63) is 88.8 Å². The molecule has 0 saturated heterocycles. The highest BCUT2D eigenvalue weighted by Crippen LogP contribution is 2.40. The number of hydrogen-bond donors (Lipinski definition) is 0. The lowest BCUT2D eigenvalue weighted by Gasteiger charge is -2.24. The molecule has 4 rings (SSSR count). The van der Waals surface area contributed by atoms with E-state index in [2.05, 4.69) is 0 Å². The first-order chi connectivity index (χ1) is 17.3. The van der Waals surface area contributed by atoms with E-state index in [1.165, 1.54) is 43.5 Å². The molecular formula is C29H27F5O2. The summed E-state index contributed by atoms with van der Waals surface area (Å²) in [5, 5.41) is 0. The zero-order valence-electron chi connectivity index (χ0n) is 20.1. The first-order valence-electron chi connectivity index (χ1n) is 12.0. The fourth-order valence-corrected chi connectivity index (χ4v) is 4.52. The van der Waals surface area contributed by atoms with Crippen molar-refractivity contribution in [2.24, 2.45) is 0 Å². The van der Waals surface area contributed by atoms with Gasteiger partial charge in [-0.05, 0) is 72.6 Å². The van der Waals surface area contributed by atoms with E-state index in [0.717, 1.165) is 18.4 Å². The fraction of sp³-hybridized carbons (Fsp3) is 0.310. The first kappa shape index (κ1) is 25.7. The summed E-state index contributed by atoms with van der Waals surface area (Å²) in [6, 6.07) is 9.87. The molecule has 190 valence electrons. The van der Waals surface area contributed by atoms with Crippen molar-refractivity contribution in [1.29, 1.82) is 0 Å². The minimum atomic E-state index is -1.13. The molecule has 3 aromatic rings. The van der Waals surface area contributed by atoms with E-state index in [1.807, 2.05) is 13.0 Å². The van der Waals surface area contributed by atoms with Crippen LogP contribution in [0, 0.1) is 29.1 Å². The Morgan fingerprint density at radius 3 is 2.22 bits per heavy atom. The number of rotatable bonds is 8. The van der Waals surface area contributed by atoms with E-state index >= 15 is 4.39 Å². The number of hydrogen-bond acceptors (Lipinski definition) is 2. The molecule has 0 fully saturated rings. The molecule has 0 heterocycles. The van der Waals surface area contributed by atoms with Gasteiger partial charge in [0.25, 0.3) is 0 Å². The molecule has 0 aromatic heterocycles. The van der Waals surface area contributed by atoms with E-state index in [1.54, 1.807) is 6.07 Å². The van der Waals surface area contributed by atoms with Gasteiger partial charge in [-0.15, -0.1) is 0 Å². The Morgan fingerprint density at radius 1 is 0.833 bits per heavy atom. The maximum atomic E-state index is 15.0. The zero-order chi connectivity index (χ0) is 25.8. The summed E-state index contributed by atoms with van der Waals surface area (Å²) in [7, 11) is 1.23. The molecule has 36 heavy (non-hydrogen) atoms. The average Bonchev–Trinajstić information content (AvgIpc) is 2.88. The molecule has 7 heteroatoms. The van der Waals surface area contributed by atoms with Gasteiger partial charge in [-0.25, -0.2) is 13.2 Å². The van der Waals surface area contributed by atoms with Crippen molar-refractivity contribution in [3.8, 4) is 22.6 Å². The molecule has 1 atom stereocenters. The van der Waals surface area contributed by atoms with Crippen LogP contribution in [0.2, 0.25) is 0 Å². The molecule has 0 amide bonds. The topological polar surface area (TPSA) is 18.5 Å². The number of methoxy groups -OCH3 is 1. The Balaban J connectivity index is 1.52. The Morgan fingerprint density at radius 2 is 1.56 bits per heavy atom. The highest BCUT2D eigenvalue weighted by atomic mass is 19.2. The van der Waals surface area contributed by atoms with Gasteiger partial charge in [0.05, 0.1) is 13.7 Å². The molecule has 0 spiro atoms. The third-order valence-corrected chi connectivity index (χ3v) is 6.58. The van der Waals surface area contributed by atoms with Crippen LogP contribution in [0.25, 0.3) is 16.7 Å². The van der Waals surface area contributed by atoms with Crippen LogP contribution in [0.3, 0.4) is 0 Å². The van der Waals surface area contributed by atoms with Crippen molar-refractivity contribution in [2.45, 2.75) is 44.9 Å². The smallest absolute Gasteiger partial charge is 0.201 e. The van der Waals surface area contributed by atoms with Crippen molar-refractivity contribution in [2.75, 3.05) is 13.7 Å². The second-order valence-electron chi connectivity index (χ2n) is 8.82. The molecule has 1 aliphatic carbocycles. The summed E-state index contributed by atoms with van der Waals surface area (Å²) in [4.78, 5) is 0.